The van der Waals surface area contributed by atoms with Crippen LogP contribution in [0.1, 0.15) is 67.6 Å². The lowest BCUT2D eigenvalue weighted by Crippen LogP contribution is -2.30. The molecule has 32 heavy (non-hydrogen) atoms. The van der Waals surface area contributed by atoms with Gasteiger partial charge in [-0.15, -0.1) is 0 Å². The monoisotopic (exact) mass is 433 g/mol. The van der Waals surface area contributed by atoms with Crippen molar-refractivity contribution in [1.29, 1.82) is 0 Å². The summed E-state index contributed by atoms with van der Waals surface area (Å²) in [6.07, 6.45) is 9.88. The van der Waals surface area contributed by atoms with Crippen LogP contribution in [0.25, 0.3) is 10.9 Å². The largest absolute Gasteiger partial charge is 0.367 e. The number of nitrogens with one attached hydrogen (secondary N) is 2. The molecule has 2 heterocycles. The number of fused-ring (bicyclic) bond motifs is 1. The minimum Gasteiger partial charge on any atom is -0.367 e. The van der Waals surface area contributed by atoms with Gasteiger partial charge in [-0.05, 0) is 55.4 Å². The van der Waals surface area contributed by atoms with Gasteiger partial charge in [0.1, 0.15) is 5.82 Å². The highest BCUT2D eigenvalue weighted by atomic mass is 16.2. The predicted octanol–water partition coefficient (Wildman–Crippen LogP) is 5.22. The molecule has 1 aliphatic rings. The molecule has 3 aromatic rings. The van der Waals surface area contributed by atoms with Gasteiger partial charge in [0.15, 0.2) is 0 Å². The van der Waals surface area contributed by atoms with Crippen molar-refractivity contribution in [2.24, 2.45) is 5.92 Å². The Bertz CT molecular complexity index is 1030. The second-order valence-electron chi connectivity index (χ2n) is 9.51. The number of nitrogens with zero attached hydrogens (tertiary/aromatic N) is 3. The molecule has 0 unspecified atom stereocenters. The topological polar surface area (TPSA) is 73.9 Å². The zero-order chi connectivity index (χ0) is 22.5. The number of rotatable bonds is 8. The number of aromatic amines is 1. The van der Waals surface area contributed by atoms with E-state index in [1.54, 1.807) is 4.90 Å². The Balaban J connectivity index is 1.43. The van der Waals surface area contributed by atoms with Gasteiger partial charge in [0.2, 0.25) is 0 Å². The number of hydrogen-bond acceptors (Lipinski definition) is 4. The third-order valence-electron chi connectivity index (χ3n) is 6.33. The average Bonchev–Trinajstić information content (AvgIpc) is 3.22. The molecule has 4 rings (SSSR count). The zero-order valence-corrected chi connectivity index (χ0v) is 19.5. The molecule has 6 nitrogen and oxygen atoms in total. The van der Waals surface area contributed by atoms with Gasteiger partial charge >= 0.3 is 0 Å². The highest BCUT2D eigenvalue weighted by molar-refractivity contribution is 5.94. The normalized spacial score (nSPS) is 14.8. The van der Waals surface area contributed by atoms with Crippen LogP contribution in [0.4, 0.5) is 5.82 Å². The molecule has 1 amide bonds. The van der Waals surface area contributed by atoms with E-state index < -0.39 is 0 Å². The SMILES string of the molecule is CC(C)CN(C)C(=O)c1ccc(CCc2n[nH]c3ccnc(NC4CCCCC4)c23)cc1. The van der Waals surface area contributed by atoms with Gasteiger partial charge in [0.25, 0.3) is 5.91 Å². The molecule has 0 bridgehead atoms. The Kier molecular flexibility index (Phi) is 7.08. The molecular formula is C26H35N5O. The van der Waals surface area contributed by atoms with E-state index in [1.165, 1.54) is 37.7 Å². The number of amides is 1. The maximum absolute atomic E-state index is 12.6. The van der Waals surface area contributed by atoms with E-state index >= 15 is 0 Å². The Hall–Kier alpha value is -2.89. The third-order valence-corrected chi connectivity index (χ3v) is 6.33. The highest BCUT2D eigenvalue weighted by Crippen LogP contribution is 2.27. The van der Waals surface area contributed by atoms with E-state index in [1.807, 2.05) is 31.4 Å². The molecule has 0 atom stereocenters. The zero-order valence-electron chi connectivity index (χ0n) is 19.5. The number of aromatic nitrogens is 3. The molecule has 1 saturated carbocycles. The van der Waals surface area contributed by atoms with Crippen molar-refractivity contribution in [3.8, 4) is 0 Å². The molecule has 0 radical (unpaired) electrons. The fraction of sp³-hybridized carbons (Fsp3) is 0.500. The van der Waals surface area contributed by atoms with E-state index in [2.05, 4.69) is 46.5 Å². The first-order valence-electron chi connectivity index (χ1n) is 11.9. The van der Waals surface area contributed by atoms with Crippen LogP contribution in [0.15, 0.2) is 36.5 Å². The molecule has 2 aromatic heterocycles. The van der Waals surface area contributed by atoms with Crippen molar-refractivity contribution in [2.75, 3.05) is 18.9 Å². The molecule has 0 saturated heterocycles. The predicted molar refractivity (Wildman–Crippen MR) is 130 cm³/mol. The van der Waals surface area contributed by atoms with Crippen LogP contribution in [0.2, 0.25) is 0 Å². The lowest BCUT2D eigenvalue weighted by atomic mass is 9.95. The van der Waals surface area contributed by atoms with E-state index in [9.17, 15) is 4.79 Å². The summed E-state index contributed by atoms with van der Waals surface area (Å²) >= 11 is 0. The molecular weight excluding hydrogens is 398 g/mol. The first-order chi connectivity index (χ1) is 15.5. The lowest BCUT2D eigenvalue weighted by Gasteiger charge is -2.23. The number of carbonyl (C=O) groups excluding carboxylic acids is 1. The molecule has 1 aliphatic carbocycles. The van der Waals surface area contributed by atoms with Crippen LogP contribution in [0.5, 0.6) is 0 Å². The van der Waals surface area contributed by atoms with Crippen molar-refractivity contribution < 1.29 is 4.79 Å². The van der Waals surface area contributed by atoms with E-state index in [-0.39, 0.29) is 5.91 Å². The van der Waals surface area contributed by atoms with Crippen molar-refractivity contribution in [3.63, 3.8) is 0 Å². The van der Waals surface area contributed by atoms with Crippen molar-refractivity contribution in [2.45, 2.75) is 64.8 Å². The van der Waals surface area contributed by atoms with Gasteiger partial charge in [-0.2, -0.15) is 5.10 Å². The van der Waals surface area contributed by atoms with Crippen molar-refractivity contribution in [3.05, 3.63) is 53.3 Å². The van der Waals surface area contributed by atoms with Gasteiger partial charge in [0, 0.05) is 31.4 Å². The summed E-state index contributed by atoms with van der Waals surface area (Å²) in [4.78, 5) is 19.0. The van der Waals surface area contributed by atoms with Crippen molar-refractivity contribution in [1.82, 2.24) is 20.1 Å². The number of aryl methyl sites for hydroxylation is 2. The van der Waals surface area contributed by atoms with Crippen LogP contribution in [-0.2, 0) is 12.8 Å². The van der Waals surface area contributed by atoms with Crippen LogP contribution >= 0.6 is 0 Å². The number of anilines is 1. The van der Waals surface area contributed by atoms with Gasteiger partial charge in [-0.1, -0.05) is 45.2 Å². The Morgan fingerprint density at radius 1 is 1.12 bits per heavy atom. The average molecular weight is 434 g/mol. The second-order valence-corrected chi connectivity index (χ2v) is 9.51. The standard InChI is InChI=1S/C26H35N5O/c1-18(2)17-31(3)26(32)20-12-9-19(10-13-20)11-14-22-24-23(30-29-22)15-16-27-25(24)28-21-7-5-4-6-8-21/h9-10,12-13,15-16,18,21H,4-8,11,14,17H2,1-3H3,(H,27,28)(H,29,30). The Morgan fingerprint density at radius 2 is 1.88 bits per heavy atom. The van der Waals surface area contributed by atoms with Gasteiger partial charge in [-0.25, -0.2) is 4.98 Å². The summed E-state index contributed by atoms with van der Waals surface area (Å²) in [5.74, 6) is 1.49. The van der Waals surface area contributed by atoms with Crippen LogP contribution < -0.4 is 5.32 Å². The second kappa shape index (κ2) is 10.2. The molecule has 2 N–H and O–H groups in total. The van der Waals surface area contributed by atoms with Crippen LogP contribution in [0, 0.1) is 5.92 Å². The maximum Gasteiger partial charge on any atom is 0.253 e. The Labute approximate surface area is 190 Å². The fourth-order valence-corrected chi connectivity index (χ4v) is 4.69. The molecule has 0 spiro atoms. The first kappa shape index (κ1) is 22.3. The summed E-state index contributed by atoms with van der Waals surface area (Å²) < 4.78 is 0. The highest BCUT2D eigenvalue weighted by Gasteiger charge is 2.18. The van der Waals surface area contributed by atoms with E-state index in [0.717, 1.165) is 47.4 Å². The third kappa shape index (κ3) is 5.29. The van der Waals surface area contributed by atoms with E-state index in [0.29, 0.717) is 12.0 Å². The minimum atomic E-state index is 0.0769. The molecule has 170 valence electrons. The number of hydrogen-bond donors (Lipinski definition) is 2. The fourth-order valence-electron chi connectivity index (χ4n) is 4.69. The minimum absolute atomic E-state index is 0.0769. The molecule has 1 fully saturated rings. The van der Waals surface area contributed by atoms with Gasteiger partial charge in [0.05, 0.1) is 16.6 Å². The van der Waals surface area contributed by atoms with Gasteiger partial charge in [-0.3, -0.25) is 9.89 Å². The molecule has 6 heteroatoms. The number of benzene rings is 1. The number of carbonyl (C=O) groups is 1. The first-order valence-corrected chi connectivity index (χ1v) is 11.9. The van der Waals surface area contributed by atoms with E-state index in [4.69, 9.17) is 0 Å². The van der Waals surface area contributed by atoms with Gasteiger partial charge < -0.3 is 10.2 Å². The number of pyridine rings is 1. The molecule has 0 aliphatic heterocycles. The van der Waals surface area contributed by atoms with Crippen molar-refractivity contribution >= 4 is 22.6 Å². The van der Waals surface area contributed by atoms with Crippen LogP contribution in [0.3, 0.4) is 0 Å². The summed E-state index contributed by atoms with van der Waals surface area (Å²) in [6.45, 7) is 5.01. The summed E-state index contributed by atoms with van der Waals surface area (Å²) in [5.41, 5.74) is 4.02. The number of H-pyrrole nitrogens is 1. The molecule has 1 aromatic carbocycles. The smallest absolute Gasteiger partial charge is 0.253 e. The Morgan fingerprint density at radius 3 is 2.59 bits per heavy atom. The van der Waals surface area contributed by atoms with Crippen LogP contribution in [-0.4, -0.2) is 45.6 Å². The summed E-state index contributed by atoms with van der Waals surface area (Å²) in [6, 6.07) is 10.5. The summed E-state index contributed by atoms with van der Waals surface area (Å²) in [5, 5.41) is 12.6. The maximum atomic E-state index is 12.6. The quantitative estimate of drug-likeness (QED) is 0.511. The lowest BCUT2D eigenvalue weighted by molar-refractivity contribution is 0.0779. The summed E-state index contributed by atoms with van der Waals surface area (Å²) in [7, 11) is 1.87.